The molecular weight excluding hydrogens is 609 g/mol. The highest BCUT2D eigenvalue weighted by Crippen LogP contribution is 2.35. The van der Waals surface area contributed by atoms with Gasteiger partial charge in [-0.1, -0.05) is 30.3 Å². The number of likely N-dealkylation sites (tertiary alicyclic amines) is 1. The number of halogens is 1. The van der Waals surface area contributed by atoms with Crippen molar-refractivity contribution in [3.63, 3.8) is 0 Å². The zero-order valence-electron chi connectivity index (χ0n) is 26.9. The van der Waals surface area contributed by atoms with Crippen molar-refractivity contribution >= 4 is 40.5 Å². The standard InChI is InChI=1S/C35H42FN3O8/c1-35(2,3)47-34(44)38-26(19-36)22-9-11-23(12-10-22)32(41)39-16-15-28(45-20-21-7-5-4-6-8-21)30(39)31(40)37-25-13-14-27-24(17-25)18-29(46-27)33(42)43/h4-8,13-14,17-18,22-23,26,28,30H,9-12,15-16,19-20H2,1-3H3,(H,37,40)(H,38,44)(H,42,43)/t22?,23?,26-,28-,30+/m1/s1. The third-order valence-corrected chi connectivity index (χ3v) is 8.75. The average Bonchev–Trinajstić information content (AvgIpc) is 3.67. The molecule has 0 unspecified atom stereocenters. The van der Waals surface area contributed by atoms with Crippen LogP contribution in [0.2, 0.25) is 0 Å². The van der Waals surface area contributed by atoms with Crippen LogP contribution < -0.4 is 10.6 Å². The molecule has 252 valence electrons. The van der Waals surface area contributed by atoms with Crippen LogP contribution in [-0.2, 0) is 25.7 Å². The maximum Gasteiger partial charge on any atom is 0.407 e. The minimum atomic E-state index is -1.20. The van der Waals surface area contributed by atoms with Crippen molar-refractivity contribution in [3.05, 3.63) is 65.9 Å². The summed E-state index contributed by atoms with van der Waals surface area (Å²) in [7, 11) is 0. The summed E-state index contributed by atoms with van der Waals surface area (Å²) in [6.07, 6.45) is 1.34. The first-order chi connectivity index (χ1) is 22.4. The number of fused-ring (bicyclic) bond motifs is 1. The normalized spacial score (nSPS) is 22.1. The maximum absolute atomic E-state index is 14.0. The number of hydrogen-bond donors (Lipinski definition) is 3. The molecule has 1 aliphatic heterocycles. The number of alkyl halides is 1. The number of carbonyl (C=O) groups excluding carboxylic acids is 3. The molecule has 11 nitrogen and oxygen atoms in total. The number of nitrogens with zero attached hydrogens (tertiary/aromatic N) is 1. The highest BCUT2D eigenvalue weighted by molar-refractivity contribution is 6.00. The number of furan rings is 1. The topological polar surface area (TPSA) is 147 Å². The molecule has 47 heavy (non-hydrogen) atoms. The van der Waals surface area contributed by atoms with Gasteiger partial charge in [0.2, 0.25) is 17.6 Å². The van der Waals surface area contributed by atoms with Gasteiger partial charge in [0.15, 0.2) is 0 Å². The number of aromatic carboxylic acids is 1. The fourth-order valence-electron chi connectivity index (χ4n) is 6.46. The number of carboxylic acids is 1. The van der Waals surface area contributed by atoms with E-state index in [1.54, 1.807) is 43.9 Å². The molecule has 3 aromatic rings. The van der Waals surface area contributed by atoms with Gasteiger partial charge in [-0.25, -0.2) is 14.0 Å². The Hall–Kier alpha value is -4.45. The molecule has 2 aliphatic rings. The summed E-state index contributed by atoms with van der Waals surface area (Å²) in [5.74, 6) is -2.47. The molecule has 1 aliphatic carbocycles. The van der Waals surface area contributed by atoms with Crippen molar-refractivity contribution in [1.82, 2.24) is 10.2 Å². The summed E-state index contributed by atoms with van der Waals surface area (Å²) in [4.78, 5) is 53.1. The molecule has 2 heterocycles. The van der Waals surface area contributed by atoms with E-state index in [-0.39, 0.29) is 30.1 Å². The van der Waals surface area contributed by atoms with E-state index in [1.807, 2.05) is 30.3 Å². The summed E-state index contributed by atoms with van der Waals surface area (Å²) in [6, 6.07) is 14.2. The number of amides is 3. The quantitative estimate of drug-likeness (QED) is 0.245. The number of rotatable bonds is 10. The molecule has 12 heteroatoms. The van der Waals surface area contributed by atoms with Gasteiger partial charge < -0.3 is 34.5 Å². The van der Waals surface area contributed by atoms with Gasteiger partial charge in [0.05, 0.1) is 18.8 Å². The van der Waals surface area contributed by atoms with Crippen molar-refractivity contribution in [2.45, 2.75) is 83.3 Å². The highest BCUT2D eigenvalue weighted by Gasteiger charge is 2.45. The molecule has 1 saturated carbocycles. The lowest BCUT2D eigenvalue weighted by molar-refractivity contribution is -0.144. The summed E-state index contributed by atoms with van der Waals surface area (Å²) in [6.45, 7) is 5.10. The van der Waals surface area contributed by atoms with E-state index in [1.165, 1.54) is 6.07 Å². The minimum absolute atomic E-state index is 0.143. The Bertz CT molecular complexity index is 1580. The van der Waals surface area contributed by atoms with Crippen LogP contribution in [0, 0.1) is 11.8 Å². The molecule has 0 spiro atoms. The Kier molecular flexibility index (Phi) is 10.5. The summed E-state index contributed by atoms with van der Waals surface area (Å²) in [5.41, 5.74) is 1.04. The van der Waals surface area contributed by atoms with E-state index in [0.29, 0.717) is 55.3 Å². The van der Waals surface area contributed by atoms with Crippen molar-refractivity contribution in [1.29, 1.82) is 0 Å². The second-order valence-electron chi connectivity index (χ2n) is 13.3. The second kappa shape index (κ2) is 14.5. The van der Waals surface area contributed by atoms with Gasteiger partial charge in [-0.15, -0.1) is 0 Å². The van der Waals surface area contributed by atoms with E-state index in [0.717, 1.165) is 5.56 Å². The monoisotopic (exact) mass is 651 g/mol. The molecule has 2 aromatic carbocycles. The smallest absolute Gasteiger partial charge is 0.407 e. The van der Waals surface area contributed by atoms with E-state index in [9.17, 15) is 28.7 Å². The summed E-state index contributed by atoms with van der Waals surface area (Å²) < 4.78 is 30.8. The molecule has 0 radical (unpaired) electrons. The number of ether oxygens (including phenoxy) is 2. The lowest BCUT2D eigenvalue weighted by Crippen LogP contribution is -2.51. The van der Waals surface area contributed by atoms with Crippen molar-refractivity contribution in [2.24, 2.45) is 11.8 Å². The number of alkyl carbamates (subject to hydrolysis) is 1. The number of anilines is 1. The van der Waals surface area contributed by atoms with Gasteiger partial charge >= 0.3 is 12.1 Å². The molecule has 2 fully saturated rings. The van der Waals surface area contributed by atoms with E-state index < -0.39 is 48.4 Å². The number of nitrogens with one attached hydrogen (secondary N) is 2. The molecular formula is C35H42FN3O8. The van der Waals surface area contributed by atoms with E-state index in [4.69, 9.17) is 13.9 Å². The van der Waals surface area contributed by atoms with E-state index >= 15 is 0 Å². The van der Waals surface area contributed by atoms with Crippen LogP contribution in [0.5, 0.6) is 0 Å². The summed E-state index contributed by atoms with van der Waals surface area (Å²) in [5, 5.41) is 15.3. The predicted octanol–water partition coefficient (Wildman–Crippen LogP) is 5.93. The zero-order chi connectivity index (χ0) is 33.7. The average molecular weight is 652 g/mol. The van der Waals surface area contributed by atoms with Crippen LogP contribution in [0.15, 0.2) is 59.0 Å². The summed E-state index contributed by atoms with van der Waals surface area (Å²) >= 11 is 0. The first-order valence-corrected chi connectivity index (χ1v) is 16.0. The number of hydrogen-bond acceptors (Lipinski definition) is 7. The van der Waals surface area contributed by atoms with Gasteiger partial charge in [-0.05, 0) is 88.6 Å². The Morgan fingerprint density at radius 1 is 1.02 bits per heavy atom. The van der Waals surface area contributed by atoms with Gasteiger partial charge in [0.25, 0.3) is 0 Å². The lowest BCUT2D eigenvalue weighted by Gasteiger charge is -2.35. The van der Waals surface area contributed by atoms with Crippen LogP contribution in [0.25, 0.3) is 11.0 Å². The van der Waals surface area contributed by atoms with Gasteiger partial charge in [-0.3, -0.25) is 9.59 Å². The zero-order valence-corrected chi connectivity index (χ0v) is 26.9. The van der Waals surface area contributed by atoms with Crippen LogP contribution in [-0.4, -0.2) is 70.9 Å². The van der Waals surface area contributed by atoms with Crippen LogP contribution >= 0.6 is 0 Å². The Morgan fingerprint density at radius 3 is 2.40 bits per heavy atom. The fraction of sp³-hybridized carbons (Fsp3) is 0.486. The van der Waals surface area contributed by atoms with Gasteiger partial charge in [0, 0.05) is 23.5 Å². The third-order valence-electron chi connectivity index (χ3n) is 8.75. The first-order valence-electron chi connectivity index (χ1n) is 16.0. The Morgan fingerprint density at radius 2 is 1.74 bits per heavy atom. The van der Waals surface area contributed by atoms with Crippen LogP contribution in [0.4, 0.5) is 14.9 Å². The molecule has 3 amide bonds. The molecule has 3 atom stereocenters. The minimum Gasteiger partial charge on any atom is -0.475 e. The van der Waals surface area contributed by atoms with Gasteiger partial charge in [-0.2, -0.15) is 0 Å². The van der Waals surface area contributed by atoms with Crippen molar-refractivity contribution < 1.29 is 42.6 Å². The Balaban J connectivity index is 1.27. The van der Waals surface area contributed by atoms with Crippen molar-refractivity contribution in [2.75, 3.05) is 18.5 Å². The first kappa shape index (κ1) is 33.9. The van der Waals surface area contributed by atoms with Crippen LogP contribution in [0.1, 0.15) is 69.0 Å². The Labute approximate surface area is 272 Å². The molecule has 0 bridgehead atoms. The largest absolute Gasteiger partial charge is 0.475 e. The molecule has 1 aromatic heterocycles. The number of carboxylic acid groups (broad SMARTS) is 1. The van der Waals surface area contributed by atoms with Crippen LogP contribution in [0.3, 0.4) is 0 Å². The van der Waals surface area contributed by atoms with E-state index in [2.05, 4.69) is 10.6 Å². The second-order valence-corrected chi connectivity index (χ2v) is 13.3. The number of carbonyl (C=O) groups is 4. The van der Waals surface area contributed by atoms with Gasteiger partial charge in [0.1, 0.15) is 23.9 Å². The molecule has 3 N–H and O–H groups in total. The lowest BCUT2D eigenvalue weighted by atomic mass is 9.78. The van der Waals surface area contributed by atoms with Crippen molar-refractivity contribution in [3.8, 4) is 0 Å². The SMILES string of the molecule is CC(C)(C)OC(=O)N[C@H](CF)C1CCC(C(=O)N2CC[C@@H](OCc3ccccc3)[C@H]2C(=O)Nc2ccc3oc(C(=O)O)cc3c2)CC1. The maximum atomic E-state index is 14.0. The molecule has 5 rings (SSSR count). The molecule has 1 saturated heterocycles. The fourth-order valence-corrected chi connectivity index (χ4v) is 6.46. The number of benzene rings is 2. The third kappa shape index (κ3) is 8.48. The highest BCUT2D eigenvalue weighted by atomic mass is 19.1. The predicted molar refractivity (Wildman–Crippen MR) is 172 cm³/mol.